The lowest BCUT2D eigenvalue weighted by Crippen LogP contribution is -2.10. The first-order chi connectivity index (χ1) is 8.33. The molecule has 1 fully saturated rings. The first-order valence-electron chi connectivity index (χ1n) is 6.29. The van der Waals surface area contributed by atoms with Crippen LogP contribution in [0.2, 0.25) is 0 Å². The van der Waals surface area contributed by atoms with Crippen LogP contribution in [0.15, 0.2) is 30.6 Å². The quantitative estimate of drug-likeness (QED) is 0.873. The maximum absolute atomic E-state index is 6.21. The number of benzene rings is 1. The molecule has 1 saturated carbocycles. The Balaban J connectivity index is 1.78. The molecule has 88 valence electrons. The Hall–Kier alpha value is -1.48. The van der Waals surface area contributed by atoms with E-state index in [-0.39, 0.29) is 6.04 Å². The van der Waals surface area contributed by atoms with E-state index in [1.54, 1.807) is 12.4 Å². The molecule has 1 aromatic carbocycles. The summed E-state index contributed by atoms with van der Waals surface area (Å²) in [6.45, 7) is 0. The van der Waals surface area contributed by atoms with E-state index < -0.39 is 0 Å². The summed E-state index contributed by atoms with van der Waals surface area (Å²) in [7, 11) is 0. The standard InChI is InChI=1S/C14H17N3/c15-12(5-3-10-1-2-10)11-4-6-13-14(9-11)17-8-7-16-13/h4,6-10,12H,1-3,5,15H2. The molecule has 0 saturated heterocycles. The van der Waals surface area contributed by atoms with Crippen molar-refractivity contribution in [1.82, 2.24) is 9.97 Å². The number of hydrogen-bond donors (Lipinski definition) is 1. The molecule has 1 heterocycles. The van der Waals surface area contributed by atoms with E-state index in [0.29, 0.717) is 0 Å². The van der Waals surface area contributed by atoms with Gasteiger partial charge in [-0.25, -0.2) is 0 Å². The molecule has 0 radical (unpaired) electrons. The van der Waals surface area contributed by atoms with Crippen LogP contribution in [0, 0.1) is 5.92 Å². The van der Waals surface area contributed by atoms with Gasteiger partial charge in [0.15, 0.2) is 0 Å². The fourth-order valence-corrected chi connectivity index (χ4v) is 2.20. The van der Waals surface area contributed by atoms with Crippen molar-refractivity contribution < 1.29 is 0 Å². The zero-order valence-corrected chi connectivity index (χ0v) is 9.84. The molecule has 0 aliphatic heterocycles. The lowest BCUT2D eigenvalue weighted by atomic mass is 10.0. The highest BCUT2D eigenvalue weighted by Gasteiger charge is 2.22. The van der Waals surface area contributed by atoms with Gasteiger partial charge in [-0.2, -0.15) is 0 Å². The summed E-state index contributed by atoms with van der Waals surface area (Å²) in [4.78, 5) is 8.58. The van der Waals surface area contributed by atoms with Gasteiger partial charge in [0.05, 0.1) is 11.0 Å². The smallest absolute Gasteiger partial charge is 0.0890 e. The van der Waals surface area contributed by atoms with Gasteiger partial charge in [0.2, 0.25) is 0 Å². The Morgan fingerprint density at radius 2 is 1.94 bits per heavy atom. The lowest BCUT2D eigenvalue weighted by Gasteiger charge is -2.12. The molecule has 1 aliphatic carbocycles. The average Bonchev–Trinajstić information content (AvgIpc) is 3.19. The number of nitrogens with zero attached hydrogens (tertiary/aromatic N) is 2. The van der Waals surface area contributed by atoms with Crippen LogP contribution in [-0.4, -0.2) is 9.97 Å². The van der Waals surface area contributed by atoms with E-state index in [9.17, 15) is 0 Å². The van der Waals surface area contributed by atoms with Crippen molar-refractivity contribution in [3.05, 3.63) is 36.2 Å². The number of aromatic nitrogens is 2. The summed E-state index contributed by atoms with van der Waals surface area (Å²) in [6.07, 6.45) is 8.58. The van der Waals surface area contributed by atoms with Crippen LogP contribution in [0.25, 0.3) is 11.0 Å². The summed E-state index contributed by atoms with van der Waals surface area (Å²) in [5.74, 6) is 0.946. The molecule has 3 nitrogen and oxygen atoms in total. The molecule has 0 spiro atoms. The summed E-state index contributed by atoms with van der Waals surface area (Å²) in [5, 5.41) is 0. The Bertz CT molecular complexity index is 520. The highest BCUT2D eigenvalue weighted by molar-refractivity contribution is 5.74. The van der Waals surface area contributed by atoms with Crippen molar-refractivity contribution >= 4 is 11.0 Å². The van der Waals surface area contributed by atoms with E-state index in [2.05, 4.69) is 22.1 Å². The molecule has 0 bridgehead atoms. The monoisotopic (exact) mass is 227 g/mol. The Labute approximate surface area is 101 Å². The summed E-state index contributed by atoms with van der Waals surface area (Å²) in [5.41, 5.74) is 9.27. The van der Waals surface area contributed by atoms with Crippen LogP contribution in [-0.2, 0) is 0 Å². The van der Waals surface area contributed by atoms with Crippen LogP contribution >= 0.6 is 0 Å². The fraction of sp³-hybridized carbons (Fsp3) is 0.429. The average molecular weight is 227 g/mol. The molecule has 2 N–H and O–H groups in total. The molecule has 2 aromatic rings. The Morgan fingerprint density at radius 3 is 2.71 bits per heavy atom. The summed E-state index contributed by atoms with van der Waals surface area (Å²) < 4.78 is 0. The van der Waals surface area contributed by atoms with Gasteiger partial charge in [0, 0.05) is 18.4 Å². The van der Waals surface area contributed by atoms with Crippen molar-refractivity contribution in [3.63, 3.8) is 0 Å². The molecule has 1 aromatic heterocycles. The second-order valence-electron chi connectivity index (χ2n) is 4.93. The maximum Gasteiger partial charge on any atom is 0.0890 e. The van der Waals surface area contributed by atoms with Gasteiger partial charge in [0.25, 0.3) is 0 Å². The van der Waals surface area contributed by atoms with Crippen molar-refractivity contribution in [3.8, 4) is 0 Å². The fourth-order valence-electron chi connectivity index (χ4n) is 2.20. The zero-order valence-electron chi connectivity index (χ0n) is 9.84. The Kier molecular flexibility index (Phi) is 2.77. The SMILES string of the molecule is NC(CCC1CC1)c1ccc2nccnc2c1. The predicted octanol–water partition coefficient (Wildman–Crippen LogP) is 2.82. The predicted molar refractivity (Wildman–Crippen MR) is 68.4 cm³/mol. The van der Waals surface area contributed by atoms with Crippen LogP contribution < -0.4 is 5.73 Å². The van der Waals surface area contributed by atoms with Gasteiger partial charge in [-0.05, 0) is 36.5 Å². The minimum atomic E-state index is 0.141. The molecule has 17 heavy (non-hydrogen) atoms. The van der Waals surface area contributed by atoms with Gasteiger partial charge in [-0.3, -0.25) is 9.97 Å². The second kappa shape index (κ2) is 4.41. The number of rotatable bonds is 4. The minimum Gasteiger partial charge on any atom is -0.324 e. The zero-order chi connectivity index (χ0) is 11.7. The third-order valence-electron chi connectivity index (χ3n) is 3.50. The van der Waals surface area contributed by atoms with E-state index in [1.165, 1.54) is 24.8 Å². The third-order valence-corrected chi connectivity index (χ3v) is 3.50. The number of nitrogens with two attached hydrogens (primary N) is 1. The molecule has 0 amide bonds. The second-order valence-corrected chi connectivity index (χ2v) is 4.93. The topological polar surface area (TPSA) is 51.8 Å². The molecular weight excluding hydrogens is 210 g/mol. The van der Waals surface area contributed by atoms with Gasteiger partial charge < -0.3 is 5.73 Å². The van der Waals surface area contributed by atoms with Crippen molar-refractivity contribution in [1.29, 1.82) is 0 Å². The van der Waals surface area contributed by atoms with E-state index in [4.69, 9.17) is 5.73 Å². The molecular formula is C14H17N3. The van der Waals surface area contributed by atoms with E-state index in [1.807, 2.05) is 6.07 Å². The van der Waals surface area contributed by atoms with Crippen LogP contribution in [0.1, 0.15) is 37.3 Å². The molecule has 3 heteroatoms. The molecule has 1 aliphatic rings. The molecule has 1 atom stereocenters. The summed E-state index contributed by atoms with van der Waals surface area (Å²) >= 11 is 0. The molecule has 1 unspecified atom stereocenters. The third kappa shape index (κ3) is 2.44. The Morgan fingerprint density at radius 1 is 1.18 bits per heavy atom. The molecule has 3 rings (SSSR count). The van der Waals surface area contributed by atoms with Gasteiger partial charge in [-0.1, -0.05) is 18.9 Å². The maximum atomic E-state index is 6.21. The van der Waals surface area contributed by atoms with E-state index >= 15 is 0 Å². The minimum absolute atomic E-state index is 0.141. The van der Waals surface area contributed by atoms with Crippen LogP contribution in [0.3, 0.4) is 0 Å². The number of hydrogen-bond acceptors (Lipinski definition) is 3. The largest absolute Gasteiger partial charge is 0.324 e. The lowest BCUT2D eigenvalue weighted by molar-refractivity contribution is 0.575. The first-order valence-corrected chi connectivity index (χ1v) is 6.29. The van der Waals surface area contributed by atoms with Crippen LogP contribution in [0.5, 0.6) is 0 Å². The van der Waals surface area contributed by atoms with Crippen molar-refractivity contribution in [2.24, 2.45) is 11.7 Å². The van der Waals surface area contributed by atoms with Gasteiger partial charge in [-0.15, -0.1) is 0 Å². The van der Waals surface area contributed by atoms with Crippen molar-refractivity contribution in [2.45, 2.75) is 31.7 Å². The van der Waals surface area contributed by atoms with Gasteiger partial charge in [0.1, 0.15) is 0 Å². The van der Waals surface area contributed by atoms with E-state index in [0.717, 1.165) is 23.4 Å². The highest BCUT2D eigenvalue weighted by atomic mass is 14.8. The normalized spacial score (nSPS) is 17.2. The number of fused-ring (bicyclic) bond motifs is 1. The summed E-state index contributed by atoms with van der Waals surface area (Å²) in [6, 6.07) is 6.30. The first kappa shape index (κ1) is 10.7. The van der Waals surface area contributed by atoms with Crippen LogP contribution in [0.4, 0.5) is 0 Å². The van der Waals surface area contributed by atoms with Crippen molar-refractivity contribution in [2.75, 3.05) is 0 Å². The van der Waals surface area contributed by atoms with Gasteiger partial charge >= 0.3 is 0 Å². The highest BCUT2D eigenvalue weighted by Crippen LogP contribution is 2.35.